The van der Waals surface area contributed by atoms with E-state index in [1.54, 1.807) is 0 Å². The Bertz CT molecular complexity index is 266. The Morgan fingerprint density at radius 3 is 2.91 bits per heavy atom. The van der Waals surface area contributed by atoms with E-state index in [9.17, 15) is 0 Å². The van der Waals surface area contributed by atoms with Crippen molar-refractivity contribution >= 4 is 0 Å². The number of hydrogen-bond donors (Lipinski definition) is 0. The van der Waals surface area contributed by atoms with Crippen LogP contribution in [0.15, 0.2) is 24.3 Å². The number of aryl methyl sites for hydroxylation is 2. The highest BCUT2D eigenvalue weighted by Crippen LogP contribution is 2.05. The van der Waals surface area contributed by atoms with E-state index in [0.717, 1.165) is 12.8 Å². The summed E-state index contributed by atoms with van der Waals surface area (Å²) in [6.07, 6.45) is 8.42. The first kappa shape index (κ1) is 7.88. The maximum atomic E-state index is 6.76. The molecule has 0 N–H and O–H groups in total. The largest absolute Gasteiger partial charge is 0.0888 e. The second-order valence-corrected chi connectivity index (χ2v) is 2.67. The van der Waals surface area contributed by atoms with Crippen LogP contribution in [0.2, 0.25) is 0 Å². The normalized spacial score (nSPS) is 9.09. The van der Waals surface area contributed by atoms with Crippen LogP contribution in [0.1, 0.15) is 17.5 Å². The van der Waals surface area contributed by atoms with Gasteiger partial charge in [-0.05, 0) is 25.3 Å². The molecule has 0 aliphatic carbocycles. The van der Waals surface area contributed by atoms with E-state index >= 15 is 0 Å². The Kier molecular flexibility index (Phi) is 2.74. The van der Waals surface area contributed by atoms with E-state index in [2.05, 4.69) is 37.1 Å². The number of hydrogen-bond acceptors (Lipinski definition) is 0. The van der Waals surface area contributed by atoms with Gasteiger partial charge in [-0.15, -0.1) is 0 Å². The molecule has 0 spiro atoms. The third kappa shape index (κ3) is 2.47. The number of rotatable bonds is 2. The van der Waals surface area contributed by atoms with E-state index in [4.69, 9.17) is 6.42 Å². The minimum atomic E-state index is 0.726. The van der Waals surface area contributed by atoms with Gasteiger partial charge in [-0.2, -0.15) is 0 Å². The Balaban J connectivity index is 2.65. The first-order valence-corrected chi connectivity index (χ1v) is 3.78. The van der Waals surface area contributed by atoms with Crippen LogP contribution in [0.4, 0.5) is 0 Å². The molecule has 1 aromatic rings. The Labute approximate surface area is 68.3 Å². The summed E-state index contributed by atoms with van der Waals surface area (Å²) in [5, 5.41) is 0. The maximum Gasteiger partial charge on any atom is 0.0139 e. The van der Waals surface area contributed by atoms with Crippen LogP contribution in [0.3, 0.4) is 0 Å². The van der Waals surface area contributed by atoms with Crippen LogP contribution in [0, 0.1) is 19.3 Å². The van der Waals surface area contributed by atoms with Gasteiger partial charge in [0.2, 0.25) is 0 Å². The molecular formula is C11H11. The highest BCUT2D eigenvalue weighted by Gasteiger charge is 1.90. The molecule has 0 saturated heterocycles. The van der Waals surface area contributed by atoms with E-state index < -0.39 is 0 Å². The summed E-state index contributed by atoms with van der Waals surface area (Å²) in [6, 6.07) is 8.37. The summed E-state index contributed by atoms with van der Waals surface area (Å²) < 4.78 is 0. The molecule has 11 heavy (non-hydrogen) atoms. The Morgan fingerprint density at radius 1 is 1.45 bits per heavy atom. The zero-order valence-electron chi connectivity index (χ0n) is 6.72. The topological polar surface area (TPSA) is 0 Å². The highest BCUT2D eigenvalue weighted by atomic mass is 13.9. The lowest BCUT2D eigenvalue weighted by molar-refractivity contribution is 1.02. The quantitative estimate of drug-likeness (QED) is 0.558. The highest BCUT2D eigenvalue weighted by molar-refractivity contribution is 5.22. The van der Waals surface area contributed by atoms with Gasteiger partial charge in [0.1, 0.15) is 0 Å². The standard InChI is InChI=1S/C11H11/c1-3-4-7-11-8-5-6-10(2)9-11/h5-6,8-9H,4,7H2,2H3. The van der Waals surface area contributed by atoms with Gasteiger partial charge in [0, 0.05) is 6.42 Å². The monoisotopic (exact) mass is 143 g/mol. The zero-order chi connectivity index (χ0) is 8.10. The molecule has 0 nitrogen and oxygen atoms in total. The predicted octanol–water partition coefficient (Wildman–Crippen LogP) is 2.52. The second kappa shape index (κ2) is 3.83. The molecule has 1 aromatic carbocycles. The predicted molar refractivity (Wildman–Crippen MR) is 46.6 cm³/mol. The first-order valence-electron chi connectivity index (χ1n) is 3.78. The van der Waals surface area contributed by atoms with E-state index in [1.165, 1.54) is 11.1 Å². The van der Waals surface area contributed by atoms with E-state index in [-0.39, 0.29) is 0 Å². The summed E-state index contributed by atoms with van der Waals surface area (Å²) in [6.45, 7) is 2.08. The molecule has 0 aliphatic rings. The summed E-state index contributed by atoms with van der Waals surface area (Å²) in [5.74, 6) is 2.39. The van der Waals surface area contributed by atoms with Gasteiger partial charge in [-0.3, -0.25) is 0 Å². The second-order valence-electron chi connectivity index (χ2n) is 2.67. The SMILES string of the molecule is [C]#CCCc1cccc(C)c1. The molecule has 0 aromatic heterocycles. The summed E-state index contributed by atoms with van der Waals surface area (Å²) in [7, 11) is 0. The van der Waals surface area contributed by atoms with E-state index in [0.29, 0.717) is 0 Å². The van der Waals surface area contributed by atoms with Crippen LogP contribution in [0.5, 0.6) is 0 Å². The van der Waals surface area contributed by atoms with E-state index in [1.807, 2.05) is 0 Å². The maximum absolute atomic E-state index is 6.76. The third-order valence-electron chi connectivity index (χ3n) is 1.62. The van der Waals surface area contributed by atoms with Crippen LogP contribution >= 0.6 is 0 Å². The third-order valence-corrected chi connectivity index (χ3v) is 1.62. The average molecular weight is 143 g/mol. The first-order chi connectivity index (χ1) is 5.33. The molecule has 0 saturated carbocycles. The van der Waals surface area contributed by atoms with Crippen molar-refractivity contribution in [3.05, 3.63) is 41.8 Å². The van der Waals surface area contributed by atoms with Crippen LogP contribution in [-0.2, 0) is 6.42 Å². The summed E-state index contributed by atoms with van der Waals surface area (Å²) >= 11 is 0. The lowest BCUT2D eigenvalue weighted by atomic mass is 10.1. The van der Waals surface area contributed by atoms with Gasteiger partial charge in [-0.25, -0.2) is 0 Å². The van der Waals surface area contributed by atoms with Crippen LogP contribution in [-0.4, -0.2) is 0 Å². The minimum absolute atomic E-state index is 0.726. The van der Waals surface area contributed by atoms with Gasteiger partial charge >= 0.3 is 0 Å². The van der Waals surface area contributed by atoms with Gasteiger partial charge in [-0.1, -0.05) is 35.7 Å². The van der Waals surface area contributed by atoms with Crippen molar-refractivity contribution in [3.8, 4) is 5.92 Å². The molecule has 0 fully saturated rings. The molecule has 0 atom stereocenters. The van der Waals surface area contributed by atoms with Crippen LogP contribution in [0.25, 0.3) is 0 Å². The molecule has 0 bridgehead atoms. The average Bonchev–Trinajstić information content (AvgIpc) is 2.01. The van der Waals surface area contributed by atoms with Gasteiger partial charge < -0.3 is 0 Å². The van der Waals surface area contributed by atoms with Crippen molar-refractivity contribution in [1.82, 2.24) is 0 Å². The number of benzene rings is 1. The molecule has 0 heteroatoms. The molecule has 55 valence electrons. The summed E-state index contributed by atoms with van der Waals surface area (Å²) in [5.41, 5.74) is 2.58. The zero-order valence-corrected chi connectivity index (χ0v) is 6.72. The summed E-state index contributed by atoms with van der Waals surface area (Å²) in [4.78, 5) is 0. The van der Waals surface area contributed by atoms with Crippen molar-refractivity contribution in [1.29, 1.82) is 0 Å². The molecule has 0 amide bonds. The lowest BCUT2D eigenvalue weighted by Gasteiger charge is -1.97. The van der Waals surface area contributed by atoms with Gasteiger partial charge in [0.05, 0.1) is 0 Å². The molecule has 1 rings (SSSR count). The van der Waals surface area contributed by atoms with Crippen molar-refractivity contribution in [2.24, 2.45) is 0 Å². The Hall–Kier alpha value is -1.22. The molecular weight excluding hydrogens is 132 g/mol. The van der Waals surface area contributed by atoms with Crippen molar-refractivity contribution in [2.75, 3.05) is 0 Å². The Morgan fingerprint density at radius 2 is 2.27 bits per heavy atom. The fourth-order valence-electron chi connectivity index (χ4n) is 1.07. The fourth-order valence-corrected chi connectivity index (χ4v) is 1.07. The lowest BCUT2D eigenvalue weighted by Crippen LogP contribution is -1.83. The minimum Gasteiger partial charge on any atom is -0.0888 e. The molecule has 0 unspecified atom stereocenters. The van der Waals surface area contributed by atoms with Gasteiger partial charge in [0.25, 0.3) is 0 Å². The molecule has 0 aliphatic heterocycles. The van der Waals surface area contributed by atoms with Crippen molar-refractivity contribution in [2.45, 2.75) is 19.8 Å². The van der Waals surface area contributed by atoms with Crippen molar-refractivity contribution in [3.63, 3.8) is 0 Å². The fraction of sp³-hybridized carbons (Fsp3) is 0.273. The van der Waals surface area contributed by atoms with Gasteiger partial charge in [0.15, 0.2) is 0 Å². The molecule has 1 radical (unpaired) electrons. The molecule has 0 heterocycles. The van der Waals surface area contributed by atoms with Crippen LogP contribution < -0.4 is 0 Å². The van der Waals surface area contributed by atoms with Crippen molar-refractivity contribution < 1.29 is 0 Å². The smallest absolute Gasteiger partial charge is 0.0139 e.